The summed E-state index contributed by atoms with van der Waals surface area (Å²) in [6.45, 7) is 1.97. The highest BCUT2D eigenvalue weighted by atomic mass is 35.5. The van der Waals surface area contributed by atoms with Crippen LogP contribution in [-0.4, -0.2) is 30.2 Å². The number of carbonyl (C=O) groups excluding carboxylic acids is 1. The molecule has 0 unspecified atom stereocenters. The van der Waals surface area contributed by atoms with Crippen molar-refractivity contribution < 1.29 is 4.79 Å². The van der Waals surface area contributed by atoms with Crippen molar-refractivity contribution in [2.45, 2.75) is 6.92 Å². The van der Waals surface area contributed by atoms with Gasteiger partial charge in [-0.1, -0.05) is 17.7 Å². The van der Waals surface area contributed by atoms with Crippen LogP contribution in [0.15, 0.2) is 54.6 Å². The summed E-state index contributed by atoms with van der Waals surface area (Å²) >= 11 is 6.02. The topological polar surface area (TPSA) is 70.2 Å². The number of hydrogen-bond donors (Lipinski definition) is 2. The van der Waals surface area contributed by atoms with Gasteiger partial charge in [-0.05, 0) is 61.0 Å². The number of benzene rings is 2. The van der Waals surface area contributed by atoms with Crippen LogP contribution in [0, 0.1) is 6.92 Å². The van der Waals surface area contributed by atoms with Gasteiger partial charge < -0.3 is 15.5 Å². The zero-order valence-electron chi connectivity index (χ0n) is 15.3. The van der Waals surface area contributed by atoms with E-state index >= 15 is 0 Å². The summed E-state index contributed by atoms with van der Waals surface area (Å²) in [7, 11) is 3.92. The van der Waals surface area contributed by atoms with Crippen LogP contribution in [0.5, 0.6) is 0 Å². The average Bonchev–Trinajstić information content (AvgIpc) is 2.65. The first-order chi connectivity index (χ1) is 12.9. The molecule has 2 aromatic carbocycles. The maximum Gasteiger partial charge on any atom is 0.276 e. The Kier molecular flexibility index (Phi) is 5.57. The molecule has 0 saturated carbocycles. The molecule has 1 heterocycles. The van der Waals surface area contributed by atoms with Crippen molar-refractivity contribution in [1.29, 1.82) is 0 Å². The molecule has 3 rings (SSSR count). The van der Waals surface area contributed by atoms with Gasteiger partial charge in [0.05, 0.1) is 0 Å². The number of nitrogens with one attached hydrogen (secondary N) is 2. The molecule has 0 aliphatic heterocycles. The number of aromatic nitrogens is 2. The summed E-state index contributed by atoms with van der Waals surface area (Å²) in [5.41, 5.74) is 3.86. The molecular weight excluding hydrogens is 362 g/mol. The van der Waals surface area contributed by atoms with Crippen LogP contribution in [0.3, 0.4) is 0 Å². The van der Waals surface area contributed by atoms with Crippen molar-refractivity contribution in [2.75, 3.05) is 29.6 Å². The van der Waals surface area contributed by atoms with E-state index in [1.165, 1.54) is 0 Å². The number of hydrogen-bond acceptors (Lipinski definition) is 5. The minimum atomic E-state index is -0.314. The number of aryl methyl sites for hydroxylation is 1. The second-order valence-corrected chi connectivity index (χ2v) is 6.72. The third kappa shape index (κ3) is 4.74. The Morgan fingerprint density at radius 3 is 2.37 bits per heavy atom. The summed E-state index contributed by atoms with van der Waals surface area (Å²) in [4.78, 5) is 14.3. The molecule has 0 aliphatic carbocycles. The molecule has 2 N–H and O–H groups in total. The number of halogens is 1. The van der Waals surface area contributed by atoms with E-state index in [1.54, 1.807) is 12.1 Å². The molecule has 138 valence electrons. The van der Waals surface area contributed by atoms with Crippen molar-refractivity contribution >= 4 is 40.4 Å². The molecule has 3 aromatic rings. The van der Waals surface area contributed by atoms with E-state index in [0.717, 1.165) is 16.9 Å². The van der Waals surface area contributed by atoms with E-state index in [-0.39, 0.29) is 11.6 Å². The second kappa shape index (κ2) is 8.05. The smallest absolute Gasteiger partial charge is 0.276 e. The molecule has 7 heteroatoms. The van der Waals surface area contributed by atoms with Crippen LogP contribution >= 0.6 is 11.6 Å². The first kappa shape index (κ1) is 18.7. The Balaban J connectivity index is 1.67. The van der Waals surface area contributed by atoms with E-state index < -0.39 is 0 Å². The number of amides is 1. The third-order valence-electron chi connectivity index (χ3n) is 4.00. The van der Waals surface area contributed by atoms with Gasteiger partial charge in [0.25, 0.3) is 5.91 Å². The lowest BCUT2D eigenvalue weighted by molar-refractivity contribution is 0.102. The summed E-state index contributed by atoms with van der Waals surface area (Å²) in [6.07, 6.45) is 0. The van der Waals surface area contributed by atoms with E-state index in [1.807, 2.05) is 68.4 Å². The lowest BCUT2D eigenvalue weighted by Gasteiger charge is -2.13. The Morgan fingerprint density at radius 1 is 1.00 bits per heavy atom. The number of carbonyl (C=O) groups is 1. The lowest BCUT2D eigenvalue weighted by Crippen LogP contribution is -2.15. The molecule has 0 radical (unpaired) electrons. The standard InChI is InChI=1S/C20H20ClN5O/c1-13-4-5-14(21)12-18(13)23-19-11-10-17(24-25-19)20(27)22-15-6-8-16(9-7-15)26(2)3/h4-12H,1-3H3,(H,22,27)(H,23,25). The molecule has 6 nitrogen and oxygen atoms in total. The van der Waals surface area contributed by atoms with Gasteiger partial charge in [0, 0.05) is 36.2 Å². The van der Waals surface area contributed by atoms with Gasteiger partial charge in [-0.3, -0.25) is 4.79 Å². The highest BCUT2D eigenvalue weighted by Gasteiger charge is 2.10. The zero-order valence-corrected chi connectivity index (χ0v) is 16.1. The SMILES string of the molecule is Cc1ccc(Cl)cc1Nc1ccc(C(=O)Nc2ccc(N(C)C)cc2)nn1. The van der Waals surface area contributed by atoms with Gasteiger partial charge in [0.1, 0.15) is 0 Å². The third-order valence-corrected chi connectivity index (χ3v) is 4.24. The van der Waals surface area contributed by atoms with Crippen LogP contribution in [0.25, 0.3) is 0 Å². The maximum atomic E-state index is 12.3. The Hall–Kier alpha value is -3.12. The first-order valence-electron chi connectivity index (χ1n) is 8.38. The van der Waals surface area contributed by atoms with E-state index in [0.29, 0.717) is 16.5 Å². The molecule has 0 aliphatic rings. The Morgan fingerprint density at radius 2 is 1.74 bits per heavy atom. The fourth-order valence-corrected chi connectivity index (χ4v) is 2.60. The fourth-order valence-electron chi connectivity index (χ4n) is 2.42. The minimum Gasteiger partial charge on any atom is -0.378 e. The quantitative estimate of drug-likeness (QED) is 0.680. The monoisotopic (exact) mass is 381 g/mol. The predicted molar refractivity (Wildman–Crippen MR) is 110 cm³/mol. The van der Waals surface area contributed by atoms with Gasteiger partial charge in [-0.25, -0.2) is 0 Å². The van der Waals surface area contributed by atoms with Crippen molar-refractivity contribution in [1.82, 2.24) is 10.2 Å². The average molecular weight is 382 g/mol. The van der Waals surface area contributed by atoms with Gasteiger partial charge in [0.2, 0.25) is 0 Å². The van der Waals surface area contributed by atoms with Gasteiger partial charge in [-0.15, -0.1) is 10.2 Å². The number of nitrogens with zero attached hydrogens (tertiary/aromatic N) is 3. The molecule has 0 fully saturated rings. The fraction of sp³-hybridized carbons (Fsp3) is 0.150. The summed E-state index contributed by atoms with van der Waals surface area (Å²) in [5.74, 6) is 0.220. The molecule has 1 aromatic heterocycles. The minimum absolute atomic E-state index is 0.236. The van der Waals surface area contributed by atoms with Gasteiger partial charge >= 0.3 is 0 Å². The maximum absolute atomic E-state index is 12.3. The van der Waals surface area contributed by atoms with Crippen molar-refractivity contribution in [2.24, 2.45) is 0 Å². The second-order valence-electron chi connectivity index (χ2n) is 6.28. The van der Waals surface area contributed by atoms with Gasteiger partial charge in [-0.2, -0.15) is 0 Å². The highest BCUT2D eigenvalue weighted by molar-refractivity contribution is 6.30. The van der Waals surface area contributed by atoms with E-state index in [4.69, 9.17) is 11.6 Å². The molecule has 0 spiro atoms. The van der Waals surface area contributed by atoms with Crippen LogP contribution in [0.2, 0.25) is 5.02 Å². The summed E-state index contributed by atoms with van der Waals surface area (Å²) < 4.78 is 0. The van der Waals surface area contributed by atoms with Crippen LogP contribution < -0.4 is 15.5 Å². The number of anilines is 4. The Labute approximate surface area is 163 Å². The van der Waals surface area contributed by atoms with Crippen molar-refractivity contribution in [3.8, 4) is 0 Å². The normalized spacial score (nSPS) is 10.4. The first-order valence-corrected chi connectivity index (χ1v) is 8.76. The molecule has 0 atom stereocenters. The summed E-state index contributed by atoms with van der Waals surface area (Å²) in [6, 6.07) is 16.4. The lowest BCUT2D eigenvalue weighted by atomic mass is 10.2. The van der Waals surface area contributed by atoms with Gasteiger partial charge in [0.15, 0.2) is 11.5 Å². The van der Waals surface area contributed by atoms with Crippen LogP contribution in [-0.2, 0) is 0 Å². The van der Waals surface area contributed by atoms with E-state index in [9.17, 15) is 4.79 Å². The molecule has 0 bridgehead atoms. The zero-order chi connectivity index (χ0) is 19.4. The van der Waals surface area contributed by atoms with E-state index in [2.05, 4.69) is 20.8 Å². The molecule has 27 heavy (non-hydrogen) atoms. The van der Waals surface area contributed by atoms with Crippen LogP contribution in [0.1, 0.15) is 16.1 Å². The molecule has 0 saturated heterocycles. The number of rotatable bonds is 5. The highest BCUT2D eigenvalue weighted by Crippen LogP contribution is 2.23. The Bertz CT molecular complexity index is 940. The van der Waals surface area contributed by atoms with Crippen molar-refractivity contribution in [3.63, 3.8) is 0 Å². The van der Waals surface area contributed by atoms with Crippen LogP contribution in [0.4, 0.5) is 22.9 Å². The molecular formula is C20H20ClN5O. The predicted octanol–water partition coefficient (Wildman–Crippen LogP) is 4.50. The molecule has 1 amide bonds. The van der Waals surface area contributed by atoms with Crippen molar-refractivity contribution in [3.05, 3.63) is 70.9 Å². The largest absolute Gasteiger partial charge is 0.378 e. The summed E-state index contributed by atoms with van der Waals surface area (Å²) in [5, 5.41) is 14.7.